The summed E-state index contributed by atoms with van der Waals surface area (Å²) in [5, 5.41) is 19.1. The van der Waals surface area contributed by atoms with Gasteiger partial charge in [-0.05, 0) is 36.4 Å². The van der Waals surface area contributed by atoms with Crippen LogP contribution >= 0.6 is 11.8 Å². The van der Waals surface area contributed by atoms with Crippen LogP contribution in [0, 0.1) is 0 Å². The first-order valence-electron chi connectivity index (χ1n) is 4.91. The number of anilines is 2. The summed E-state index contributed by atoms with van der Waals surface area (Å²) in [6.45, 7) is 0. The molecule has 5 heteroatoms. The van der Waals surface area contributed by atoms with Crippen molar-refractivity contribution in [2.24, 2.45) is 0 Å². The fourth-order valence-electron chi connectivity index (χ4n) is 1.34. The molecule has 0 aliphatic rings. The van der Waals surface area contributed by atoms with Crippen LogP contribution in [0.5, 0.6) is 11.5 Å². The number of benzene rings is 2. The molecule has 17 heavy (non-hydrogen) atoms. The predicted molar refractivity (Wildman–Crippen MR) is 69.2 cm³/mol. The second kappa shape index (κ2) is 4.47. The molecule has 0 atom stereocenters. The minimum atomic E-state index is 0.130. The maximum atomic E-state index is 9.68. The van der Waals surface area contributed by atoms with Gasteiger partial charge in [-0.3, -0.25) is 0 Å². The van der Waals surface area contributed by atoms with Crippen molar-refractivity contribution in [2.45, 2.75) is 9.79 Å². The monoisotopic (exact) mass is 248 g/mol. The van der Waals surface area contributed by atoms with Crippen LogP contribution in [0.4, 0.5) is 11.4 Å². The zero-order chi connectivity index (χ0) is 12.4. The van der Waals surface area contributed by atoms with E-state index in [0.717, 1.165) is 0 Å². The van der Waals surface area contributed by atoms with Crippen LogP contribution in [0.15, 0.2) is 46.2 Å². The number of phenols is 2. The Balaban J connectivity index is 2.37. The molecule has 0 aliphatic heterocycles. The Bertz CT molecular complexity index is 509. The van der Waals surface area contributed by atoms with Crippen molar-refractivity contribution >= 4 is 23.1 Å². The minimum absolute atomic E-state index is 0.130. The summed E-state index contributed by atoms with van der Waals surface area (Å²) >= 11 is 1.25. The third-order valence-electron chi connectivity index (χ3n) is 2.20. The second-order valence-electron chi connectivity index (χ2n) is 3.55. The van der Waals surface area contributed by atoms with Gasteiger partial charge in [0.15, 0.2) is 0 Å². The second-order valence-corrected chi connectivity index (χ2v) is 4.64. The highest BCUT2D eigenvalue weighted by atomic mass is 32.2. The molecule has 2 rings (SSSR count). The van der Waals surface area contributed by atoms with E-state index >= 15 is 0 Å². The number of nitrogens with two attached hydrogens (primary N) is 2. The summed E-state index contributed by atoms with van der Waals surface area (Å²) in [7, 11) is 0. The van der Waals surface area contributed by atoms with E-state index in [1.807, 2.05) is 0 Å². The SMILES string of the molecule is Nc1ccc(O)c(Sc2cc(O)ccc2N)c1. The molecule has 6 N–H and O–H groups in total. The number of aromatic hydroxyl groups is 2. The number of phenolic OH excluding ortho intramolecular Hbond substituents is 2. The van der Waals surface area contributed by atoms with Crippen LogP contribution in [0.3, 0.4) is 0 Å². The fourth-order valence-corrected chi connectivity index (χ4v) is 2.31. The Labute approximate surface area is 103 Å². The molecule has 0 heterocycles. The van der Waals surface area contributed by atoms with Gasteiger partial charge >= 0.3 is 0 Å². The highest BCUT2D eigenvalue weighted by molar-refractivity contribution is 7.99. The molecule has 0 fully saturated rings. The van der Waals surface area contributed by atoms with Gasteiger partial charge in [0.05, 0.1) is 4.90 Å². The van der Waals surface area contributed by atoms with Crippen molar-refractivity contribution in [3.63, 3.8) is 0 Å². The van der Waals surface area contributed by atoms with Crippen molar-refractivity contribution in [3.05, 3.63) is 36.4 Å². The van der Waals surface area contributed by atoms with Crippen molar-refractivity contribution < 1.29 is 10.2 Å². The van der Waals surface area contributed by atoms with Crippen LogP contribution < -0.4 is 11.5 Å². The summed E-state index contributed by atoms with van der Waals surface area (Å²) in [6.07, 6.45) is 0. The van der Waals surface area contributed by atoms with Gasteiger partial charge in [-0.2, -0.15) is 0 Å². The van der Waals surface area contributed by atoms with Gasteiger partial charge in [0.2, 0.25) is 0 Å². The highest BCUT2D eigenvalue weighted by Crippen LogP contribution is 2.39. The first-order chi connectivity index (χ1) is 8.06. The third-order valence-corrected chi connectivity index (χ3v) is 3.32. The molecule has 2 aromatic rings. The molecule has 4 nitrogen and oxygen atoms in total. The van der Waals surface area contributed by atoms with Crippen molar-refractivity contribution in [1.29, 1.82) is 0 Å². The normalized spacial score (nSPS) is 10.4. The van der Waals surface area contributed by atoms with E-state index in [9.17, 15) is 10.2 Å². The first-order valence-corrected chi connectivity index (χ1v) is 5.73. The average Bonchev–Trinajstić information content (AvgIpc) is 2.28. The van der Waals surface area contributed by atoms with Gasteiger partial charge in [0, 0.05) is 16.3 Å². The van der Waals surface area contributed by atoms with Crippen LogP contribution in [-0.4, -0.2) is 10.2 Å². The topological polar surface area (TPSA) is 92.5 Å². The summed E-state index contributed by atoms with van der Waals surface area (Å²) in [5.74, 6) is 0.261. The molecule has 0 spiro atoms. The molecule has 0 unspecified atom stereocenters. The van der Waals surface area contributed by atoms with E-state index < -0.39 is 0 Å². The summed E-state index contributed by atoms with van der Waals surface area (Å²) < 4.78 is 0. The van der Waals surface area contributed by atoms with Crippen LogP contribution in [0.2, 0.25) is 0 Å². The summed E-state index contributed by atoms with van der Waals surface area (Å²) in [6, 6.07) is 9.47. The van der Waals surface area contributed by atoms with E-state index in [2.05, 4.69) is 0 Å². The first kappa shape index (κ1) is 11.5. The van der Waals surface area contributed by atoms with E-state index in [-0.39, 0.29) is 11.5 Å². The number of rotatable bonds is 2. The predicted octanol–water partition coefficient (Wildman–Crippen LogP) is 2.41. The average molecular weight is 248 g/mol. The summed E-state index contributed by atoms with van der Waals surface area (Å²) in [4.78, 5) is 1.27. The zero-order valence-corrected chi connectivity index (χ0v) is 9.74. The van der Waals surface area contributed by atoms with Gasteiger partial charge in [-0.1, -0.05) is 11.8 Å². The molecule has 0 aromatic heterocycles. The maximum Gasteiger partial charge on any atom is 0.129 e. The number of nitrogen functional groups attached to an aromatic ring is 2. The smallest absolute Gasteiger partial charge is 0.129 e. The van der Waals surface area contributed by atoms with Crippen molar-refractivity contribution in [3.8, 4) is 11.5 Å². The van der Waals surface area contributed by atoms with Crippen molar-refractivity contribution in [1.82, 2.24) is 0 Å². The zero-order valence-electron chi connectivity index (χ0n) is 8.92. The Hall–Kier alpha value is -2.01. The quantitative estimate of drug-likeness (QED) is 0.484. The van der Waals surface area contributed by atoms with E-state index in [4.69, 9.17) is 11.5 Å². The largest absolute Gasteiger partial charge is 0.508 e. The van der Waals surface area contributed by atoms with Gasteiger partial charge in [0.25, 0.3) is 0 Å². The van der Waals surface area contributed by atoms with Crippen LogP contribution in [0.25, 0.3) is 0 Å². The minimum Gasteiger partial charge on any atom is -0.508 e. The molecule has 2 aromatic carbocycles. The fraction of sp³-hybridized carbons (Fsp3) is 0. The lowest BCUT2D eigenvalue weighted by molar-refractivity contribution is 0.462. The standard InChI is InChI=1S/C12H12N2O2S/c13-7-1-4-10(16)12(5-7)17-11-6-8(15)2-3-9(11)14/h1-6,15-16H,13-14H2. The molecule has 0 saturated heterocycles. The van der Waals surface area contributed by atoms with E-state index in [0.29, 0.717) is 21.2 Å². The molecular formula is C12H12N2O2S. The van der Waals surface area contributed by atoms with Gasteiger partial charge in [-0.25, -0.2) is 0 Å². The Morgan fingerprint density at radius 1 is 0.882 bits per heavy atom. The Kier molecular flexibility index (Phi) is 3.01. The lowest BCUT2D eigenvalue weighted by atomic mass is 10.3. The van der Waals surface area contributed by atoms with Gasteiger partial charge < -0.3 is 21.7 Å². The maximum absolute atomic E-state index is 9.68. The molecule has 88 valence electrons. The molecule has 0 amide bonds. The van der Waals surface area contributed by atoms with Crippen molar-refractivity contribution in [2.75, 3.05) is 11.5 Å². The highest BCUT2D eigenvalue weighted by Gasteiger charge is 2.07. The van der Waals surface area contributed by atoms with E-state index in [1.54, 1.807) is 24.3 Å². The van der Waals surface area contributed by atoms with Crippen LogP contribution in [-0.2, 0) is 0 Å². The third kappa shape index (κ3) is 2.57. The Morgan fingerprint density at radius 2 is 1.65 bits per heavy atom. The van der Waals surface area contributed by atoms with Crippen LogP contribution in [0.1, 0.15) is 0 Å². The van der Waals surface area contributed by atoms with E-state index in [1.165, 1.54) is 23.9 Å². The van der Waals surface area contributed by atoms with Gasteiger partial charge in [0.1, 0.15) is 11.5 Å². The molecule has 0 saturated carbocycles. The summed E-state index contributed by atoms with van der Waals surface area (Å²) in [5.41, 5.74) is 12.5. The molecular weight excluding hydrogens is 236 g/mol. The number of hydrogen-bond donors (Lipinski definition) is 4. The molecule has 0 bridgehead atoms. The number of hydrogen-bond acceptors (Lipinski definition) is 5. The lowest BCUT2D eigenvalue weighted by Crippen LogP contribution is -1.89. The van der Waals surface area contributed by atoms with Gasteiger partial charge in [-0.15, -0.1) is 0 Å². The lowest BCUT2D eigenvalue weighted by Gasteiger charge is -2.08. The molecule has 0 radical (unpaired) electrons. The molecule has 0 aliphatic carbocycles. The Morgan fingerprint density at radius 3 is 2.41 bits per heavy atom.